The molecule has 0 saturated carbocycles. The number of benzene rings is 2. The highest BCUT2D eigenvalue weighted by atomic mass is 35.5. The van der Waals surface area contributed by atoms with Gasteiger partial charge in [0.15, 0.2) is 0 Å². The van der Waals surface area contributed by atoms with Crippen molar-refractivity contribution < 1.29 is 14.3 Å². The molecule has 0 aliphatic heterocycles. The summed E-state index contributed by atoms with van der Waals surface area (Å²) in [6.07, 6.45) is 2.72. The quantitative estimate of drug-likeness (QED) is 0.320. The molecule has 0 spiro atoms. The van der Waals surface area contributed by atoms with Gasteiger partial charge in [0.05, 0.1) is 29.4 Å². The van der Waals surface area contributed by atoms with Crippen LogP contribution >= 0.6 is 22.9 Å². The molecule has 5 rings (SSSR count). The van der Waals surface area contributed by atoms with Gasteiger partial charge < -0.3 is 10.1 Å². The number of nitrogens with one attached hydrogen (secondary N) is 1. The third-order valence-electron chi connectivity index (χ3n) is 6.24. The first kappa shape index (κ1) is 22.6. The van der Waals surface area contributed by atoms with E-state index in [0.29, 0.717) is 38.3 Å². The van der Waals surface area contributed by atoms with E-state index in [0.717, 1.165) is 40.7 Å². The maximum atomic E-state index is 13.6. The fraction of sp³-hybridized carbons (Fsp3) is 0.222. The normalized spacial score (nSPS) is 15.1. The number of ether oxygens (including phenoxy) is 1. The number of amides is 1. The summed E-state index contributed by atoms with van der Waals surface area (Å²) in [7, 11) is 1.37. The van der Waals surface area contributed by atoms with Gasteiger partial charge >= 0.3 is 5.97 Å². The maximum absolute atomic E-state index is 13.6. The molecule has 2 aromatic heterocycles. The number of carbonyl (C=O) groups excluding carboxylic acids is 2. The Bertz CT molecular complexity index is 1430. The van der Waals surface area contributed by atoms with E-state index < -0.39 is 5.97 Å². The number of hydrogen-bond acceptors (Lipinski definition) is 5. The Morgan fingerprint density at radius 3 is 2.71 bits per heavy atom. The molecule has 34 heavy (non-hydrogen) atoms. The summed E-state index contributed by atoms with van der Waals surface area (Å²) >= 11 is 7.89. The molecular formula is C27H23ClN2O3S. The van der Waals surface area contributed by atoms with E-state index in [1.807, 2.05) is 42.5 Å². The molecule has 7 heteroatoms. The van der Waals surface area contributed by atoms with Gasteiger partial charge in [0.25, 0.3) is 5.91 Å². The smallest absolute Gasteiger partial charge is 0.341 e. The third kappa shape index (κ3) is 4.08. The lowest BCUT2D eigenvalue weighted by atomic mass is 9.88. The second-order valence-electron chi connectivity index (χ2n) is 8.55. The van der Waals surface area contributed by atoms with Crippen LogP contribution in [-0.2, 0) is 17.6 Å². The molecule has 5 nitrogen and oxygen atoms in total. The first-order valence-corrected chi connectivity index (χ1v) is 12.3. The SMILES string of the molecule is COC(=O)c1c(NC(=O)c2cc(-c3ccccc3Cl)nc3ccccc23)sc2c1CCC(C)C2. The highest BCUT2D eigenvalue weighted by Crippen LogP contribution is 2.40. The van der Waals surface area contributed by atoms with Crippen LogP contribution in [0.5, 0.6) is 0 Å². The zero-order valence-corrected chi connectivity index (χ0v) is 20.4. The zero-order valence-electron chi connectivity index (χ0n) is 18.9. The minimum atomic E-state index is -0.418. The first-order chi connectivity index (χ1) is 16.5. The Hall–Kier alpha value is -3.22. The molecule has 4 aromatic rings. The van der Waals surface area contributed by atoms with E-state index in [9.17, 15) is 9.59 Å². The molecule has 0 bridgehead atoms. The van der Waals surface area contributed by atoms with Gasteiger partial charge in [-0.2, -0.15) is 0 Å². The zero-order chi connectivity index (χ0) is 23.8. The van der Waals surface area contributed by atoms with Crippen molar-refractivity contribution in [3.8, 4) is 11.3 Å². The number of thiophene rings is 1. The van der Waals surface area contributed by atoms with Gasteiger partial charge in [0.2, 0.25) is 0 Å². The van der Waals surface area contributed by atoms with Gasteiger partial charge in [0.1, 0.15) is 5.00 Å². The number of pyridine rings is 1. The first-order valence-electron chi connectivity index (χ1n) is 11.1. The van der Waals surface area contributed by atoms with Gasteiger partial charge in [-0.25, -0.2) is 9.78 Å². The highest BCUT2D eigenvalue weighted by Gasteiger charge is 2.29. The van der Waals surface area contributed by atoms with E-state index in [-0.39, 0.29) is 5.91 Å². The summed E-state index contributed by atoms with van der Waals surface area (Å²) in [5.74, 6) is -0.176. The van der Waals surface area contributed by atoms with Crippen molar-refractivity contribution in [3.05, 3.63) is 81.2 Å². The number of fused-ring (bicyclic) bond motifs is 2. The fourth-order valence-corrected chi connectivity index (χ4v) is 6.12. The number of aromatic nitrogens is 1. The van der Waals surface area contributed by atoms with Crippen LogP contribution in [0.2, 0.25) is 5.02 Å². The minimum Gasteiger partial charge on any atom is -0.465 e. The number of halogens is 1. The van der Waals surface area contributed by atoms with Crippen LogP contribution in [0.4, 0.5) is 5.00 Å². The van der Waals surface area contributed by atoms with Crippen molar-refractivity contribution in [2.45, 2.75) is 26.2 Å². The molecular weight excluding hydrogens is 468 g/mol. The lowest BCUT2D eigenvalue weighted by Crippen LogP contribution is -2.16. The van der Waals surface area contributed by atoms with Crippen LogP contribution in [0, 0.1) is 5.92 Å². The Morgan fingerprint density at radius 2 is 1.91 bits per heavy atom. The number of carbonyl (C=O) groups is 2. The van der Waals surface area contributed by atoms with E-state index >= 15 is 0 Å². The van der Waals surface area contributed by atoms with Gasteiger partial charge in [-0.3, -0.25) is 4.79 Å². The Kier molecular flexibility index (Phi) is 6.11. The molecule has 2 heterocycles. The van der Waals surface area contributed by atoms with Gasteiger partial charge in [0, 0.05) is 20.8 Å². The average Bonchev–Trinajstić information content (AvgIpc) is 3.19. The number of esters is 1. The molecule has 0 fully saturated rings. The van der Waals surface area contributed by atoms with Crippen LogP contribution in [0.25, 0.3) is 22.2 Å². The summed E-state index contributed by atoms with van der Waals surface area (Å²) in [5, 5.41) is 4.84. The van der Waals surface area contributed by atoms with Crippen molar-refractivity contribution in [3.63, 3.8) is 0 Å². The van der Waals surface area contributed by atoms with E-state index in [2.05, 4.69) is 12.2 Å². The second-order valence-corrected chi connectivity index (χ2v) is 10.1. The van der Waals surface area contributed by atoms with Gasteiger partial charge in [-0.15, -0.1) is 11.3 Å². The molecule has 0 radical (unpaired) electrons. The lowest BCUT2D eigenvalue weighted by molar-refractivity contribution is 0.0601. The number of rotatable bonds is 4. The summed E-state index contributed by atoms with van der Waals surface area (Å²) in [4.78, 5) is 32.2. The Labute approximate surface area is 206 Å². The molecule has 0 saturated heterocycles. The Morgan fingerprint density at radius 1 is 1.15 bits per heavy atom. The van der Waals surface area contributed by atoms with Crippen LogP contribution in [0.15, 0.2) is 54.6 Å². The number of hydrogen-bond donors (Lipinski definition) is 1. The van der Waals surface area contributed by atoms with E-state index in [1.165, 1.54) is 18.4 Å². The van der Waals surface area contributed by atoms with Crippen LogP contribution in [-0.4, -0.2) is 24.0 Å². The highest BCUT2D eigenvalue weighted by molar-refractivity contribution is 7.17. The maximum Gasteiger partial charge on any atom is 0.341 e. The average molecular weight is 491 g/mol. The predicted molar refractivity (Wildman–Crippen MR) is 137 cm³/mol. The summed E-state index contributed by atoms with van der Waals surface area (Å²) in [6.45, 7) is 2.21. The standard InChI is InChI=1S/C27H23ClN2O3S/c1-15-11-12-18-23(13-15)34-26(24(18)27(32)33-2)30-25(31)19-14-22(17-8-3-5-9-20(17)28)29-21-10-6-4-7-16(19)21/h3-10,14-15H,11-13H2,1-2H3,(H,30,31). The number of para-hydroxylation sites is 1. The van der Waals surface area contributed by atoms with E-state index in [4.69, 9.17) is 21.3 Å². The van der Waals surface area contributed by atoms with Crippen LogP contribution in [0.3, 0.4) is 0 Å². The predicted octanol–water partition coefficient (Wildman–Crippen LogP) is 6.78. The summed E-state index contributed by atoms with van der Waals surface area (Å²) in [5.41, 5.74) is 4.00. The number of methoxy groups -OCH3 is 1. The van der Waals surface area contributed by atoms with Crippen molar-refractivity contribution in [2.24, 2.45) is 5.92 Å². The second kappa shape index (κ2) is 9.20. The molecule has 2 aromatic carbocycles. The van der Waals surface area contributed by atoms with Crippen molar-refractivity contribution >= 4 is 50.7 Å². The molecule has 1 aliphatic carbocycles. The fourth-order valence-electron chi connectivity index (χ4n) is 4.50. The van der Waals surface area contributed by atoms with Crippen LogP contribution < -0.4 is 5.32 Å². The summed E-state index contributed by atoms with van der Waals surface area (Å²) in [6, 6.07) is 16.7. The number of anilines is 1. The van der Waals surface area contributed by atoms with Crippen molar-refractivity contribution in [1.29, 1.82) is 0 Å². The third-order valence-corrected chi connectivity index (χ3v) is 7.74. The monoisotopic (exact) mass is 490 g/mol. The molecule has 1 N–H and O–H groups in total. The molecule has 1 amide bonds. The minimum absolute atomic E-state index is 0.302. The van der Waals surface area contributed by atoms with Crippen molar-refractivity contribution in [1.82, 2.24) is 4.98 Å². The van der Waals surface area contributed by atoms with Gasteiger partial charge in [-0.1, -0.05) is 54.9 Å². The van der Waals surface area contributed by atoms with E-state index in [1.54, 1.807) is 12.1 Å². The molecule has 1 atom stereocenters. The molecule has 1 aliphatic rings. The largest absolute Gasteiger partial charge is 0.465 e. The Balaban J connectivity index is 1.60. The summed E-state index contributed by atoms with van der Waals surface area (Å²) < 4.78 is 5.07. The molecule has 172 valence electrons. The topological polar surface area (TPSA) is 68.3 Å². The van der Waals surface area contributed by atoms with Crippen molar-refractivity contribution in [2.75, 3.05) is 12.4 Å². The van der Waals surface area contributed by atoms with Gasteiger partial charge in [-0.05, 0) is 48.9 Å². The number of nitrogens with zero attached hydrogens (tertiary/aromatic N) is 1. The molecule has 1 unspecified atom stereocenters. The lowest BCUT2D eigenvalue weighted by Gasteiger charge is -2.18. The van der Waals surface area contributed by atoms with Crippen LogP contribution in [0.1, 0.15) is 44.5 Å².